The molecule has 0 saturated carbocycles. The van der Waals surface area contributed by atoms with Gasteiger partial charge in [-0.1, -0.05) is 12.1 Å². The normalized spacial score (nSPS) is 28.7. The van der Waals surface area contributed by atoms with Crippen molar-refractivity contribution >= 4 is 5.69 Å². The fourth-order valence-corrected chi connectivity index (χ4v) is 2.41. The lowest BCUT2D eigenvalue weighted by molar-refractivity contribution is -0.133. The fourth-order valence-electron chi connectivity index (χ4n) is 2.41. The van der Waals surface area contributed by atoms with E-state index in [-0.39, 0.29) is 0 Å². The van der Waals surface area contributed by atoms with Crippen LogP contribution in [0, 0.1) is 0 Å². The van der Waals surface area contributed by atoms with Crippen molar-refractivity contribution in [2.45, 2.75) is 25.2 Å². The lowest BCUT2D eigenvalue weighted by Gasteiger charge is -2.48. The first-order chi connectivity index (χ1) is 7.35. The molecule has 1 aromatic rings. The quantitative estimate of drug-likeness (QED) is 0.784. The SMILES string of the molecule is NCc1ccc(N2CC3CC(C2)O3)cc1. The molecule has 2 bridgehead atoms. The number of ether oxygens (including phenoxy) is 1. The predicted octanol–water partition coefficient (Wildman–Crippen LogP) is 1.12. The standard InChI is InChI=1S/C12H16N2O/c13-6-9-1-3-10(4-2-9)14-7-11-5-12(8-14)15-11/h1-4,11-12H,5-8,13H2. The van der Waals surface area contributed by atoms with Gasteiger partial charge in [0, 0.05) is 31.7 Å². The van der Waals surface area contributed by atoms with Crippen LogP contribution in [0.3, 0.4) is 0 Å². The second kappa shape index (κ2) is 3.51. The van der Waals surface area contributed by atoms with Crippen LogP contribution < -0.4 is 10.6 Å². The van der Waals surface area contributed by atoms with Gasteiger partial charge in [-0.25, -0.2) is 0 Å². The molecule has 3 heteroatoms. The van der Waals surface area contributed by atoms with Gasteiger partial charge in [-0.3, -0.25) is 0 Å². The van der Waals surface area contributed by atoms with Crippen LogP contribution in [0.25, 0.3) is 0 Å². The van der Waals surface area contributed by atoms with Crippen molar-refractivity contribution in [3.05, 3.63) is 29.8 Å². The smallest absolute Gasteiger partial charge is 0.0780 e. The Balaban J connectivity index is 1.75. The average Bonchev–Trinajstić information content (AvgIpc) is 2.28. The van der Waals surface area contributed by atoms with Crippen molar-refractivity contribution in [1.29, 1.82) is 0 Å². The van der Waals surface area contributed by atoms with Crippen molar-refractivity contribution in [2.24, 2.45) is 5.73 Å². The number of benzene rings is 1. The molecule has 2 N–H and O–H groups in total. The molecule has 80 valence electrons. The zero-order valence-corrected chi connectivity index (χ0v) is 8.73. The van der Waals surface area contributed by atoms with Gasteiger partial charge >= 0.3 is 0 Å². The topological polar surface area (TPSA) is 38.5 Å². The molecule has 0 aromatic heterocycles. The van der Waals surface area contributed by atoms with E-state index < -0.39 is 0 Å². The molecule has 3 heterocycles. The number of piperidine rings is 1. The molecule has 0 spiro atoms. The van der Waals surface area contributed by atoms with Crippen LogP contribution in [0.1, 0.15) is 12.0 Å². The summed E-state index contributed by atoms with van der Waals surface area (Å²) >= 11 is 0. The Morgan fingerprint density at radius 2 is 1.80 bits per heavy atom. The Morgan fingerprint density at radius 1 is 1.20 bits per heavy atom. The van der Waals surface area contributed by atoms with Crippen LogP contribution >= 0.6 is 0 Å². The Kier molecular flexibility index (Phi) is 2.15. The van der Waals surface area contributed by atoms with Gasteiger partial charge in [0.15, 0.2) is 0 Å². The highest BCUT2D eigenvalue weighted by atomic mass is 16.5. The minimum Gasteiger partial charge on any atom is -0.371 e. The molecule has 3 saturated heterocycles. The van der Waals surface area contributed by atoms with Gasteiger partial charge in [-0.15, -0.1) is 0 Å². The molecule has 2 unspecified atom stereocenters. The summed E-state index contributed by atoms with van der Waals surface area (Å²) in [5, 5.41) is 0. The van der Waals surface area contributed by atoms with E-state index in [1.165, 1.54) is 17.7 Å². The van der Waals surface area contributed by atoms with Crippen molar-refractivity contribution < 1.29 is 4.74 Å². The number of nitrogens with two attached hydrogens (primary N) is 1. The minimum absolute atomic E-state index is 0.470. The Hall–Kier alpha value is -1.06. The third kappa shape index (κ3) is 1.62. The first-order valence-corrected chi connectivity index (χ1v) is 5.54. The van der Waals surface area contributed by atoms with E-state index in [0.29, 0.717) is 18.8 Å². The zero-order chi connectivity index (χ0) is 10.3. The molecule has 3 nitrogen and oxygen atoms in total. The maximum Gasteiger partial charge on any atom is 0.0780 e. The van der Waals surface area contributed by atoms with E-state index in [4.69, 9.17) is 10.5 Å². The first-order valence-electron chi connectivity index (χ1n) is 5.54. The van der Waals surface area contributed by atoms with Crippen molar-refractivity contribution in [1.82, 2.24) is 0 Å². The highest BCUT2D eigenvalue weighted by Gasteiger charge is 2.38. The first kappa shape index (κ1) is 9.19. The van der Waals surface area contributed by atoms with E-state index >= 15 is 0 Å². The lowest BCUT2D eigenvalue weighted by atomic mass is 9.98. The van der Waals surface area contributed by atoms with Crippen LogP contribution in [-0.2, 0) is 11.3 Å². The largest absolute Gasteiger partial charge is 0.371 e. The lowest BCUT2D eigenvalue weighted by Crippen LogP contribution is -2.57. The predicted molar refractivity (Wildman–Crippen MR) is 59.8 cm³/mol. The Labute approximate surface area is 89.8 Å². The maximum atomic E-state index is 5.61. The summed E-state index contributed by atoms with van der Waals surface area (Å²) in [7, 11) is 0. The molecule has 3 fully saturated rings. The second-order valence-electron chi connectivity index (χ2n) is 4.39. The molecule has 1 aromatic carbocycles. The molecule has 15 heavy (non-hydrogen) atoms. The summed E-state index contributed by atoms with van der Waals surface area (Å²) in [6.07, 6.45) is 2.19. The number of rotatable bonds is 2. The van der Waals surface area contributed by atoms with E-state index in [9.17, 15) is 0 Å². The number of hydrogen-bond acceptors (Lipinski definition) is 3. The molecule has 3 aliphatic rings. The number of fused-ring (bicyclic) bond motifs is 2. The van der Waals surface area contributed by atoms with E-state index in [1.54, 1.807) is 0 Å². The highest BCUT2D eigenvalue weighted by molar-refractivity contribution is 5.48. The summed E-state index contributed by atoms with van der Waals surface area (Å²) in [4.78, 5) is 2.41. The number of morpholine rings is 1. The van der Waals surface area contributed by atoms with Crippen molar-refractivity contribution in [2.75, 3.05) is 18.0 Å². The molecule has 3 aliphatic heterocycles. The van der Waals surface area contributed by atoms with Gasteiger partial charge in [0.25, 0.3) is 0 Å². The molecule has 0 aliphatic carbocycles. The number of anilines is 1. The van der Waals surface area contributed by atoms with Crippen molar-refractivity contribution in [3.8, 4) is 0 Å². The molecule has 0 radical (unpaired) electrons. The molecule has 2 atom stereocenters. The number of hydrogen-bond donors (Lipinski definition) is 1. The summed E-state index contributed by atoms with van der Waals surface area (Å²) in [5.41, 5.74) is 8.06. The van der Waals surface area contributed by atoms with Crippen LogP contribution in [-0.4, -0.2) is 25.3 Å². The van der Waals surface area contributed by atoms with Gasteiger partial charge in [0.1, 0.15) is 0 Å². The third-order valence-corrected chi connectivity index (χ3v) is 3.30. The van der Waals surface area contributed by atoms with Crippen LogP contribution in [0.4, 0.5) is 5.69 Å². The Bertz CT molecular complexity index is 333. The minimum atomic E-state index is 0.470. The van der Waals surface area contributed by atoms with E-state index in [0.717, 1.165) is 13.1 Å². The summed E-state index contributed by atoms with van der Waals surface area (Å²) < 4.78 is 5.61. The Morgan fingerprint density at radius 3 is 2.33 bits per heavy atom. The van der Waals surface area contributed by atoms with E-state index in [1.807, 2.05) is 0 Å². The van der Waals surface area contributed by atoms with Crippen LogP contribution in [0.15, 0.2) is 24.3 Å². The summed E-state index contributed by atoms with van der Waals surface area (Å²) in [6, 6.07) is 8.53. The van der Waals surface area contributed by atoms with Gasteiger partial charge in [-0.05, 0) is 17.7 Å². The second-order valence-corrected chi connectivity index (χ2v) is 4.39. The maximum absolute atomic E-state index is 5.61. The highest BCUT2D eigenvalue weighted by Crippen LogP contribution is 2.31. The number of nitrogens with zero attached hydrogens (tertiary/aromatic N) is 1. The molecule has 4 rings (SSSR count). The van der Waals surface area contributed by atoms with Crippen LogP contribution in [0.2, 0.25) is 0 Å². The van der Waals surface area contributed by atoms with E-state index in [2.05, 4.69) is 29.2 Å². The fraction of sp³-hybridized carbons (Fsp3) is 0.500. The van der Waals surface area contributed by atoms with Gasteiger partial charge in [0.2, 0.25) is 0 Å². The zero-order valence-electron chi connectivity index (χ0n) is 8.73. The van der Waals surface area contributed by atoms with Gasteiger partial charge in [-0.2, -0.15) is 0 Å². The van der Waals surface area contributed by atoms with Gasteiger partial charge in [0.05, 0.1) is 12.2 Å². The molecular formula is C12H16N2O. The summed E-state index contributed by atoms with van der Waals surface area (Å²) in [5.74, 6) is 0. The molecule has 0 amide bonds. The van der Waals surface area contributed by atoms with Gasteiger partial charge < -0.3 is 15.4 Å². The van der Waals surface area contributed by atoms with Crippen molar-refractivity contribution in [3.63, 3.8) is 0 Å². The molecular weight excluding hydrogens is 188 g/mol. The average molecular weight is 204 g/mol. The summed E-state index contributed by atoms with van der Waals surface area (Å²) in [6.45, 7) is 2.70. The third-order valence-electron chi connectivity index (χ3n) is 3.30. The van der Waals surface area contributed by atoms with Crippen LogP contribution in [0.5, 0.6) is 0 Å². The monoisotopic (exact) mass is 204 g/mol.